The summed E-state index contributed by atoms with van der Waals surface area (Å²) < 4.78 is 46.9. The standard InChI is InChI=1S/C27H30N6O5S/c1-27(2,3)18-10-12-19(13-11-18)39(34,35)33-23-22(38-21-9-6-5-8-20(21)36-4)26(37-17-14-28)32-25(31-23)24-29-15-7-16-30-24/h5-13,15-16H,14,17,28H2,1-4H3,(H,31,32,33). The van der Waals surface area contributed by atoms with Crippen molar-refractivity contribution in [3.63, 3.8) is 0 Å². The summed E-state index contributed by atoms with van der Waals surface area (Å²) >= 11 is 0. The number of nitrogens with two attached hydrogens (primary N) is 1. The fourth-order valence-corrected chi connectivity index (χ4v) is 4.50. The first kappa shape index (κ1) is 27.7. The number of hydrogen-bond donors (Lipinski definition) is 2. The van der Waals surface area contributed by atoms with Gasteiger partial charge in [0.05, 0.1) is 12.0 Å². The van der Waals surface area contributed by atoms with Gasteiger partial charge in [0, 0.05) is 18.9 Å². The Labute approximate surface area is 227 Å². The second-order valence-corrected chi connectivity index (χ2v) is 11.1. The highest BCUT2D eigenvalue weighted by Crippen LogP contribution is 2.41. The molecule has 0 spiro atoms. The number of methoxy groups -OCH3 is 1. The van der Waals surface area contributed by atoms with Crippen LogP contribution in [0.25, 0.3) is 11.6 Å². The fourth-order valence-electron chi connectivity index (χ4n) is 3.49. The van der Waals surface area contributed by atoms with E-state index in [9.17, 15) is 8.42 Å². The number of nitrogens with zero attached hydrogens (tertiary/aromatic N) is 4. The number of rotatable bonds is 10. The van der Waals surface area contributed by atoms with Crippen LogP contribution in [0, 0.1) is 0 Å². The molecule has 0 amide bonds. The van der Waals surface area contributed by atoms with Crippen LogP contribution in [-0.4, -0.2) is 48.6 Å². The number of sulfonamides is 1. The molecule has 4 rings (SSSR count). The molecule has 2 aromatic carbocycles. The average Bonchev–Trinajstić information content (AvgIpc) is 2.93. The molecule has 0 radical (unpaired) electrons. The van der Waals surface area contributed by atoms with Crippen LogP contribution >= 0.6 is 0 Å². The Morgan fingerprint density at radius 2 is 1.56 bits per heavy atom. The molecule has 0 aliphatic heterocycles. The Morgan fingerprint density at radius 1 is 0.897 bits per heavy atom. The Balaban J connectivity index is 1.85. The zero-order chi connectivity index (χ0) is 28.0. The minimum Gasteiger partial charge on any atom is -0.493 e. The third-order valence-corrected chi connectivity index (χ3v) is 6.85. The van der Waals surface area contributed by atoms with Crippen molar-refractivity contribution in [2.45, 2.75) is 31.1 Å². The highest BCUT2D eigenvalue weighted by atomic mass is 32.2. The van der Waals surface area contributed by atoms with E-state index in [2.05, 4.69) is 24.7 Å². The van der Waals surface area contributed by atoms with Crippen LogP contribution in [0.5, 0.6) is 23.1 Å². The van der Waals surface area contributed by atoms with Gasteiger partial charge in [-0.25, -0.2) is 23.4 Å². The molecule has 12 heteroatoms. The zero-order valence-electron chi connectivity index (χ0n) is 22.1. The predicted octanol–water partition coefficient (Wildman–Crippen LogP) is 4.17. The normalized spacial score (nSPS) is 11.6. The van der Waals surface area contributed by atoms with Crippen LogP contribution < -0.4 is 24.7 Å². The van der Waals surface area contributed by atoms with Crippen LogP contribution in [0.4, 0.5) is 5.82 Å². The summed E-state index contributed by atoms with van der Waals surface area (Å²) in [5, 5.41) is 0. The molecule has 0 bridgehead atoms. The fraction of sp³-hybridized carbons (Fsp3) is 0.259. The van der Waals surface area contributed by atoms with Crippen molar-refractivity contribution in [2.24, 2.45) is 5.73 Å². The number of anilines is 1. The first-order valence-corrected chi connectivity index (χ1v) is 13.6. The largest absolute Gasteiger partial charge is 0.493 e. The molecule has 2 aromatic heterocycles. The second kappa shape index (κ2) is 11.6. The van der Waals surface area contributed by atoms with E-state index >= 15 is 0 Å². The Morgan fingerprint density at radius 3 is 2.18 bits per heavy atom. The molecule has 3 N–H and O–H groups in total. The Bertz CT molecular complexity index is 1530. The molecule has 4 aromatic rings. The van der Waals surface area contributed by atoms with Crippen molar-refractivity contribution in [3.05, 3.63) is 72.6 Å². The van der Waals surface area contributed by atoms with Gasteiger partial charge in [0.15, 0.2) is 23.1 Å². The van der Waals surface area contributed by atoms with E-state index in [0.29, 0.717) is 11.5 Å². The quantitative estimate of drug-likeness (QED) is 0.294. The van der Waals surface area contributed by atoms with E-state index in [1.807, 2.05) is 20.8 Å². The van der Waals surface area contributed by atoms with Crippen molar-refractivity contribution in [3.8, 4) is 34.8 Å². The summed E-state index contributed by atoms with van der Waals surface area (Å²) in [7, 11) is -2.62. The van der Waals surface area contributed by atoms with Gasteiger partial charge < -0.3 is 19.9 Å². The van der Waals surface area contributed by atoms with Crippen molar-refractivity contribution < 1.29 is 22.6 Å². The van der Waals surface area contributed by atoms with E-state index < -0.39 is 10.0 Å². The second-order valence-electron chi connectivity index (χ2n) is 9.37. The first-order chi connectivity index (χ1) is 18.6. The Hall–Kier alpha value is -4.29. The van der Waals surface area contributed by atoms with Crippen LogP contribution in [0.15, 0.2) is 71.9 Å². The summed E-state index contributed by atoms with van der Waals surface area (Å²) in [5.41, 5.74) is 6.52. The minimum atomic E-state index is -4.11. The smallest absolute Gasteiger partial charge is 0.263 e. The molecule has 0 aliphatic rings. The summed E-state index contributed by atoms with van der Waals surface area (Å²) in [6.07, 6.45) is 3.04. The molecular formula is C27H30N6O5S. The van der Waals surface area contributed by atoms with Gasteiger partial charge in [-0.15, -0.1) is 0 Å². The highest BCUT2D eigenvalue weighted by Gasteiger charge is 2.26. The molecule has 0 fully saturated rings. The lowest BCUT2D eigenvalue weighted by molar-refractivity contribution is 0.296. The van der Waals surface area contributed by atoms with E-state index in [-0.39, 0.29) is 52.6 Å². The van der Waals surface area contributed by atoms with Gasteiger partial charge in [-0.2, -0.15) is 4.98 Å². The Kier molecular flexibility index (Phi) is 8.27. The number of hydrogen-bond acceptors (Lipinski definition) is 10. The maximum absolute atomic E-state index is 13.5. The summed E-state index contributed by atoms with van der Waals surface area (Å²) in [4.78, 5) is 17.3. The van der Waals surface area contributed by atoms with Gasteiger partial charge in [-0.3, -0.25) is 4.72 Å². The third kappa shape index (κ3) is 6.59. The van der Waals surface area contributed by atoms with Gasteiger partial charge in [-0.1, -0.05) is 45.0 Å². The van der Waals surface area contributed by atoms with Gasteiger partial charge >= 0.3 is 0 Å². The van der Waals surface area contributed by atoms with Crippen LogP contribution in [0.2, 0.25) is 0 Å². The van der Waals surface area contributed by atoms with Crippen molar-refractivity contribution in [2.75, 3.05) is 25.0 Å². The number of ether oxygens (including phenoxy) is 3. The SMILES string of the molecule is COc1ccccc1Oc1c(NS(=O)(=O)c2ccc(C(C)(C)C)cc2)nc(-c2ncccn2)nc1OCCN. The van der Waals surface area contributed by atoms with Crippen molar-refractivity contribution in [1.29, 1.82) is 0 Å². The topological polar surface area (TPSA) is 151 Å². The number of benzene rings is 2. The van der Waals surface area contributed by atoms with E-state index in [0.717, 1.165) is 5.56 Å². The summed E-state index contributed by atoms with van der Waals surface area (Å²) in [5.74, 6) is 0.575. The number of nitrogens with one attached hydrogen (secondary N) is 1. The molecule has 0 atom stereocenters. The van der Waals surface area contributed by atoms with E-state index in [1.54, 1.807) is 42.5 Å². The monoisotopic (exact) mass is 550 g/mol. The molecule has 204 valence electrons. The molecule has 11 nitrogen and oxygen atoms in total. The lowest BCUT2D eigenvalue weighted by Gasteiger charge is -2.20. The van der Waals surface area contributed by atoms with E-state index in [1.165, 1.54) is 31.6 Å². The molecule has 0 aliphatic carbocycles. The molecule has 0 saturated heterocycles. The summed E-state index contributed by atoms with van der Waals surface area (Å²) in [6.45, 7) is 6.40. The van der Waals surface area contributed by atoms with Gasteiger partial charge in [0.2, 0.25) is 11.6 Å². The predicted molar refractivity (Wildman–Crippen MR) is 147 cm³/mol. The first-order valence-electron chi connectivity index (χ1n) is 12.1. The van der Waals surface area contributed by atoms with Gasteiger partial charge in [0.1, 0.15) is 6.61 Å². The maximum Gasteiger partial charge on any atom is 0.263 e. The van der Waals surface area contributed by atoms with E-state index in [4.69, 9.17) is 19.9 Å². The maximum atomic E-state index is 13.5. The van der Waals surface area contributed by atoms with Crippen LogP contribution in [0.3, 0.4) is 0 Å². The molecule has 39 heavy (non-hydrogen) atoms. The van der Waals surface area contributed by atoms with Gasteiger partial charge in [-0.05, 0) is 41.3 Å². The molecular weight excluding hydrogens is 520 g/mol. The van der Waals surface area contributed by atoms with Crippen LogP contribution in [-0.2, 0) is 15.4 Å². The molecule has 0 saturated carbocycles. The number of aromatic nitrogens is 4. The third-order valence-electron chi connectivity index (χ3n) is 5.50. The highest BCUT2D eigenvalue weighted by molar-refractivity contribution is 7.92. The number of para-hydroxylation sites is 2. The van der Waals surface area contributed by atoms with Gasteiger partial charge in [0.25, 0.3) is 15.9 Å². The zero-order valence-corrected chi connectivity index (χ0v) is 22.9. The lowest BCUT2D eigenvalue weighted by Crippen LogP contribution is -2.18. The van der Waals surface area contributed by atoms with Crippen LogP contribution in [0.1, 0.15) is 26.3 Å². The molecule has 2 heterocycles. The molecule has 0 unspecified atom stereocenters. The minimum absolute atomic E-state index is 0.0239. The van der Waals surface area contributed by atoms with Crippen molar-refractivity contribution >= 4 is 15.8 Å². The summed E-state index contributed by atoms with van der Waals surface area (Å²) in [6, 6.07) is 15.1. The van der Waals surface area contributed by atoms with Crippen molar-refractivity contribution in [1.82, 2.24) is 19.9 Å². The lowest BCUT2D eigenvalue weighted by atomic mass is 9.87. The average molecular weight is 551 g/mol.